The highest BCUT2D eigenvalue weighted by Crippen LogP contribution is 2.29. The summed E-state index contributed by atoms with van der Waals surface area (Å²) in [7, 11) is 0. The number of fused-ring (bicyclic) bond motifs is 1. The number of piperidine rings is 1. The maximum Gasteiger partial charge on any atom is 0.253 e. The number of benzene rings is 3. The molecule has 1 aliphatic heterocycles. The number of halogens is 1. The minimum absolute atomic E-state index is 0.0779. The Morgan fingerprint density at radius 3 is 2.52 bits per heavy atom. The summed E-state index contributed by atoms with van der Waals surface area (Å²) in [5, 5.41) is 4.09. The Morgan fingerprint density at radius 2 is 1.79 bits per heavy atom. The number of nitrogens with zero attached hydrogens (tertiary/aromatic N) is 3. The van der Waals surface area contributed by atoms with Gasteiger partial charge in [-0.05, 0) is 74.2 Å². The predicted octanol–water partition coefficient (Wildman–Crippen LogP) is 6.60. The number of nitrogens with one attached hydrogen (secondary N) is 1. The molecule has 33 heavy (non-hydrogen) atoms. The molecule has 0 unspecified atom stereocenters. The summed E-state index contributed by atoms with van der Waals surface area (Å²) in [6.07, 6.45) is 2.12. The van der Waals surface area contributed by atoms with Crippen molar-refractivity contribution in [1.29, 1.82) is 0 Å². The van der Waals surface area contributed by atoms with Crippen molar-refractivity contribution in [1.82, 2.24) is 14.5 Å². The van der Waals surface area contributed by atoms with Crippen LogP contribution in [0.25, 0.3) is 16.7 Å². The van der Waals surface area contributed by atoms with Crippen LogP contribution < -0.4 is 5.32 Å². The smallest absolute Gasteiger partial charge is 0.253 e. The number of rotatable bonds is 4. The molecule has 4 aromatic rings. The number of hydrogen-bond donors (Lipinski definition) is 1. The van der Waals surface area contributed by atoms with Crippen molar-refractivity contribution in [2.75, 3.05) is 18.4 Å². The Morgan fingerprint density at radius 1 is 1.03 bits per heavy atom. The number of aryl methyl sites for hydroxylation is 1. The molecular weight excluding hydrogens is 432 g/mol. The molecule has 1 aromatic heterocycles. The Kier molecular flexibility index (Phi) is 5.81. The Bertz CT molecular complexity index is 1300. The number of hydrogen-bond acceptors (Lipinski definition) is 3. The summed E-state index contributed by atoms with van der Waals surface area (Å²) < 4.78 is 2.04. The van der Waals surface area contributed by atoms with E-state index < -0.39 is 0 Å². The van der Waals surface area contributed by atoms with Gasteiger partial charge in [-0.3, -0.25) is 9.36 Å². The maximum absolute atomic E-state index is 13.1. The molecule has 0 bridgehead atoms. The summed E-state index contributed by atoms with van der Waals surface area (Å²) in [6, 6.07) is 21.7. The second-order valence-electron chi connectivity index (χ2n) is 8.92. The fourth-order valence-electron chi connectivity index (χ4n) is 4.33. The summed E-state index contributed by atoms with van der Waals surface area (Å²) in [4.78, 5) is 20.0. The van der Waals surface area contributed by atoms with Crippen molar-refractivity contribution >= 4 is 40.2 Å². The molecule has 6 heteroatoms. The molecular formula is C27H27ClN4O. The van der Waals surface area contributed by atoms with Gasteiger partial charge in [0.2, 0.25) is 5.95 Å². The average molecular weight is 459 g/mol. The predicted molar refractivity (Wildman–Crippen MR) is 135 cm³/mol. The number of amides is 1. The molecule has 168 valence electrons. The van der Waals surface area contributed by atoms with Gasteiger partial charge in [-0.25, -0.2) is 4.98 Å². The lowest BCUT2D eigenvalue weighted by Crippen LogP contribution is -2.37. The van der Waals surface area contributed by atoms with Crippen molar-refractivity contribution in [3.05, 3.63) is 82.9 Å². The largest absolute Gasteiger partial charge is 0.339 e. The number of carbonyl (C=O) groups excluding carboxylic acids is 1. The van der Waals surface area contributed by atoms with E-state index in [0.717, 1.165) is 48.3 Å². The molecule has 5 rings (SSSR count). The molecule has 1 saturated heterocycles. The summed E-state index contributed by atoms with van der Waals surface area (Å²) in [5.74, 6) is 1.43. The number of carbonyl (C=O) groups is 1. The highest BCUT2D eigenvalue weighted by molar-refractivity contribution is 6.30. The van der Waals surface area contributed by atoms with Crippen LogP contribution in [0, 0.1) is 12.8 Å². The molecule has 2 heterocycles. The molecule has 0 spiro atoms. The van der Waals surface area contributed by atoms with E-state index in [9.17, 15) is 4.79 Å². The third kappa shape index (κ3) is 4.46. The third-order valence-corrected chi connectivity index (χ3v) is 6.58. The van der Waals surface area contributed by atoms with Crippen LogP contribution in [0.1, 0.15) is 35.7 Å². The van der Waals surface area contributed by atoms with Gasteiger partial charge in [-0.1, -0.05) is 42.3 Å². The van der Waals surface area contributed by atoms with Gasteiger partial charge in [0.05, 0.1) is 16.7 Å². The zero-order valence-corrected chi connectivity index (χ0v) is 19.6. The number of anilines is 2. The van der Waals surface area contributed by atoms with Gasteiger partial charge in [0, 0.05) is 29.4 Å². The van der Waals surface area contributed by atoms with Gasteiger partial charge in [0.1, 0.15) is 0 Å². The highest BCUT2D eigenvalue weighted by atomic mass is 35.5. The Hall–Kier alpha value is -3.31. The van der Waals surface area contributed by atoms with Crippen LogP contribution in [0.3, 0.4) is 0 Å². The van der Waals surface area contributed by atoms with Gasteiger partial charge < -0.3 is 10.2 Å². The monoisotopic (exact) mass is 458 g/mol. The first kappa shape index (κ1) is 21.5. The number of likely N-dealkylation sites (tertiary alicyclic amines) is 1. The molecule has 0 radical (unpaired) electrons. The fraction of sp³-hybridized carbons (Fsp3) is 0.259. The lowest BCUT2D eigenvalue weighted by Gasteiger charge is -2.30. The van der Waals surface area contributed by atoms with E-state index in [1.54, 1.807) is 0 Å². The molecule has 0 saturated carbocycles. The van der Waals surface area contributed by atoms with Crippen LogP contribution in [0.5, 0.6) is 0 Å². The highest BCUT2D eigenvalue weighted by Gasteiger charge is 2.22. The van der Waals surface area contributed by atoms with Crippen LogP contribution in [0.15, 0.2) is 66.7 Å². The quantitative estimate of drug-likeness (QED) is 0.374. The van der Waals surface area contributed by atoms with Crippen LogP contribution in [0.2, 0.25) is 5.02 Å². The SMILES string of the molecule is Cc1ccc(Nc2nc3cc(C(=O)N4CCC(C)CC4)ccc3n2-c2cccc(Cl)c2)cc1. The molecule has 5 nitrogen and oxygen atoms in total. The van der Waals surface area contributed by atoms with Gasteiger partial charge in [-0.2, -0.15) is 0 Å². The summed E-state index contributed by atoms with van der Waals surface area (Å²) in [5.41, 5.74) is 5.40. The van der Waals surface area contributed by atoms with E-state index in [4.69, 9.17) is 16.6 Å². The topological polar surface area (TPSA) is 50.2 Å². The lowest BCUT2D eigenvalue weighted by molar-refractivity contribution is 0.0697. The standard InChI is InChI=1S/C27H27ClN4O/c1-18-6-9-22(10-7-18)29-27-30-24-16-20(26(33)31-14-12-19(2)13-15-31)8-11-25(24)32(27)23-5-3-4-21(28)17-23/h3-11,16-17,19H,12-15H2,1-2H3,(H,29,30). The first-order chi connectivity index (χ1) is 16.0. The molecule has 1 amide bonds. The average Bonchev–Trinajstić information content (AvgIpc) is 3.17. The van der Waals surface area contributed by atoms with Gasteiger partial charge >= 0.3 is 0 Å². The lowest BCUT2D eigenvalue weighted by atomic mass is 9.98. The van der Waals surface area contributed by atoms with Crippen molar-refractivity contribution in [2.24, 2.45) is 5.92 Å². The van der Waals surface area contributed by atoms with E-state index in [1.165, 1.54) is 5.56 Å². The Labute approximate surface area is 199 Å². The van der Waals surface area contributed by atoms with Crippen molar-refractivity contribution in [3.63, 3.8) is 0 Å². The van der Waals surface area contributed by atoms with Crippen molar-refractivity contribution in [2.45, 2.75) is 26.7 Å². The Balaban J connectivity index is 1.56. The van der Waals surface area contributed by atoms with Crippen LogP contribution in [-0.4, -0.2) is 33.4 Å². The van der Waals surface area contributed by atoms with Crippen LogP contribution >= 0.6 is 11.6 Å². The molecule has 0 atom stereocenters. The summed E-state index contributed by atoms with van der Waals surface area (Å²) in [6.45, 7) is 5.94. The van der Waals surface area contributed by atoms with E-state index in [0.29, 0.717) is 22.5 Å². The van der Waals surface area contributed by atoms with E-state index >= 15 is 0 Å². The fourth-order valence-corrected chi connectivity index (χ4v) is 4.52. The van der Waals surface area contributed by atoms with E-state index in [2.05, 4.69) is 31.3 Å². The van der Waals surface area contributed by atoms with Gasteiger partial charge in [-0.15, -0.1) is 0 Å². The number of aromatic nitrogens is 2. The van der Waals surface area contributed by atoms with E-state index in [-0.39, 0.29) is 5.91 Å². The molecule has 1 aliphatic rings. The van der Waals surface area contributed by atoms with Crippen molar-refractivity contribution < 1.29 is 4.79 Å². The van der Waals surface area contributed by atoms with Gasteiger partial charge in [0.25, 0.3) is 5.91 Å². The maximum atomic E-state index is 13.1. The first-order valence-electron chi connectivity index (χ1n) is 11.4. The zero-order chi connectivity index (χ0) is 22.9. The number of imidazole rings is 1. The first-order valence-corrected chi connectivity index (χ1v) is 11.8. The molecule has 3 aromatic carbocycles. The third-order valence-electron chi connectivity index (χ3n) is 6.35. The second kappa shape index (κ2) is 8.91. The normalized spacial score (nSPS) is 14.6. The van der Waals surface area contributed by atoms with E-state index in [1.807, 2.05) is 64.1 Å². The molecule has 1 fully saturated rings. The van der Waals surface area contributed by atoms with Crippen molar-refractivity contribution in [3.8, 4) is 5.69 Å². The molecule has 0 aliphatic carbocycles. The molecule has 1 N–H and O–H groups in total. The zero-order valence-electron chi connectivity index (χ0n) is 18.9. The van der Waals surface area contributed by atoms with Gasteiger partial charge in [0.15, 0.2) is 0 Å². The minimum atomic E-state index is 0.0779. The summed E-state index contributed by atoms with van der Waals surface area (Å²) >= 11 is 6.30. The second-order valence-corrected chi connectivity index (χ2v) is 9.36. The van der Waals surface area contributed by atoms with Crippen LogP contribution in [-0.2, 0) is 0 Å². The van der Waals surface area contributed by atoms with Crippen LogP contribution in [0.4, 0.5) is 11.6 Å². The minimum Gasteiger partial charge on any atom is -0.339 e.